The number of allylic oxidation sites excluding steroid dienone is 1. The van der Waals surface area contributed by atoms with E-state index in [1.807, 2.05) is 37.3 Å². The van der Waals surface area contributed by atoms with Gasteiger partial charge in [-0.15, -0.1) is 0 Å². The lowest BCUT2D eigenvalue weighted by Crippen LogP contribution is -2.04. The lowest BCUT2D eigenvalue weighted by Gasteiger charge is -2.06. The monoisotopic (exact) mass is 202 g/mol. The summed E-state index contributed by atoms with van der Waals surface area (Å²) in [6.07, 6.45) is 3.19. The molecule has 1 aromatic carbocycles. The van der Waals surface area contributed by atoms with Crippen LogP contribution in [0.5, 0.6) is 0 Å². The highest BCUT2D eigenvalue weighted by Gasteiger charge is 1.97. The maximum atomic E-state index is 8.42. The topological polar surface area (TPSA) is 35.8 Å². The number of nitrogens with one attached hydrogen (secondary N) is 1. The number of rotatable bonds is 2. The second kappa shape index (κ2) is 5.15. The fourth-order valence-electron chi connectivity index (χ4n) is 1.07. The predicted molar refractivity (Wildman–Crippen MR) is 63.0 cm³/mol. The minimum absolute atomic E-state index is 0.711. The highest BCUT2D eigenvalue weighted by molar-refractivity contribution is 7.80. The minimum Gasteiger partial charge on any atom is -0.350 e. The van der Waals surface area contributed by atoms with Gasteiger partial charge in [0.05, 0.1) is 11.1 Å². The van der Waals surface area contributed by atoms with E-state index in [-0.39, 0.29) is 0 Å². The molecule has 0 atom stereocenters. The zero-order chi connectivity index (χ0) is 10.4. The summed E-state index contributed by atoms with van der Waals surface area (Å²) in [6, 6.07) is 9.64. The van der Waals surface area contributed by atoms with Crippen LogP contribution in [0, 0.1) is 11.3 Å². The predicted octanol–water partition coefficient (Wildman–Crippen LogP) is 2.98. The third kappa shape index (κ3) is 3.00. The van der Waals surface area contributed by atoms with Gasteiger partial charge in [0.1, 0.15) is 0 Å². The summed E-state index contributed by atoms with van der Waals surface area (Å²) in [6.45, 7) is 1.82. The van der Waals surface area contributed by atoms with Crippen molar-refractivity contribution in [2.24, 2.45) is 0 Å². The summed E-state index contributed by atoms with van der Waals surface area (Å²) in [7, 11) is 0. The average Bonchev–Trinajstić information content (AvgIpc) is 2.16. The first-order chi connectivity index (χ1) is 6.74. The van der Waals surface area contributed by atoms with Crippen molar-refractivity contribution >= 4 is 29.0 Å². The van der Waals surface area contributed by atoms with Gasteiger partial charge in [0.25, 0.3) is 0 Å². The van der Waals surface area contributed by atoms with Crippen LogP contribution < -0.4 is 5.32 Å². The van der Waals surface area contributed by atoms with Crippen molar-refractivity contribution in [3.63, 3.8) is 0 Å². The van der Waals surface area contributed by atoms with Crippen molar-refractivity contribution in [3.05, 3.63) is 35.9 Å². The van der Waals surface area contributed by atoms with Crippen LogP contribution in [0.4, 0.5) is 5.69 Å². The Labute approximate surface area is 88.9 Å². The average molecular weight is 202 g/mol. The van der Waals surface area contributed by atoms with Gasteiger partial charge in [-0.2, -0.15) is 5.26 Å². The fourth-order valence-corrected chi connectivity index (χ4v) is 1.18. The van der Waals surface area contributed by atoms with Crippen LogP contribution in [0.2, 0.25) is 0 Å². The summed E-state index contributed by atoms with van der Waals surface area (Å²) in [5, 5.41) is 11.5. The smallest absolute Gasteiger partial charge is 0.0912 e. The molecular formula is C11H10N2S. The highest BCUT2D eigenvalue weighted by atomic mass is 32.1. The van der Waals surface area contributed by atoms with E-state index in [1.54, 1.807) is 6.08 Å². The number of anilines is 1. The van der Waals surface area contributed by atoms with Crippen LogP contribution in [-0.4, -0.2) is 4.99 Å². The maximum absolute atomic E-state index is 8.42. The van der Waals surface area contributed by atoms with Gasteiger partial charge in [0, 0.05) is 11.8 Å². The molecule has 0 heterocycles. The first-order valence-corrected chi connectivity index (χ1v) is 4.57. The van der Waals surface area contributed by atoms with Crippen molar-refractivity contribution in [2.45, 2.75) is 6.92 Å². The Morgan fingerprint density at radius 3 is 2.86 bits per heavy atom. The van der Waals surface area contributed by atoms with Gasteiger partial charge in [0.15, 0.2) is 0 Å². The zero-order valence-corrected chi connectivity index (χ0v) is 8.64. The summed E-state index contributed by atoms with van der Waals surface area (Å²) in [5.41, 5.74) is 1.88. The molecule has 14 heavy (non-hydrogen) atoms. The van der Waals surface area contributed by atoms with Crippen LogP contribution in [0.15, 0.2) is 30.3 Å². The van der Waals surface area contributed by atoms with E-state index in [0.29, 0.717) is 4.99 Å². The van der Waals surface area contributed by atoms with Crippen molar-refractivity contribution in [3.8, 4) is 6.07 Å². The van der Waals surface area contributed by atoms with E-state index in [4.69, 9.17) is 17.5 Å². The number of hydrogen-bond donors (Lipinski definition) is 1. The van der Waals surface area contributed by atoms with Crippen LogP contribution in [0.3, 0.4) is 0 Å². The molecule has 0 aliphatic rings. The number of nitriles is 1. The zero-order valence-electron chi connectivity index (χ0n) is 7.82. The molecule has 3 heteroatoms. The second-order valence-electron chi connectivity index (χ2n) is 2.73. The molecule has 1 aromatic rings. The molecule has 0 bridgehead atoms. The van der Waals surface area contributed by atoms with Gasteiger partial charge in [-0.1, -0.05) is 30.4 Å². The molecule has 0 amide bonds. The van der Waals surface area contributed by atoms with Gasteiger partial charge in [-0.25, -0.2) is 0 Å². The van der Waals surface area contributed by atoms with E-state index < -0.39 is 0 Å². The van der Waals surface area contributed by atoms with E-state index in [0.717, 1.165) is 11.3 Å². The normalized spacial score (nSPS) is 9.71. The quantitative estimate of drug-likeness (QED) is 0.591. The van der Waals surface area contributed by atoms with Gasteiger partial charge in [-0.3, -0.25) is 0 Å². The molecule has 0 aromatic heterocycles. The Morgan fingerprint density at radius 1 is 1.50 bits per heavy atom. The Kier molecular flexibility index (Phi) is 3.84. The Balaban J connectivity index is 2.98. The first kappa shape index (κ1) is 10.4. The third-order valence-corrected chi connectivity index (χ3v) is 1.71. The fraction of sp³-hybridized carbons (Fsp3) is 0.0909. The van der Waals surface area contributed by atoms with Gasteiger partial charge >= 0.3 is 0 Å². The van der Waals surface area contributed by atoms with Crippen molar-refractivity contribution in [1.29, 1.82) is 5.26 Å². The second-order valence-corrected chi connectivity index (χ2v) is 3.34. The molecule has 0 unspecified atom stereocenters. The molecule has 0 aliphatic carbocycles. The summed E-state index contributed by atoms with van der Waals surface area (Å²) >= 11 is 4.95. The molecule has 1 N–H and O–H groups in total. The first-order valence-electron chi connectivity index (χ1n) is 4.17. The number of para-hydroxylation sites is 1. The number of hydrogen-bond acceptors (Lipinski definition) is 2. The van der Waals surface area contributed by atoms with Crippen LogP contribution in [0.25, 0.3) is 6.08 Å². The van der Waals surface area contributed by atoms with Crippen molar-refractivity contribution in [1.82, 2.24) is 0 Å². The number of thiocarbonyl (C=S) groups is 1. The largest absolute Gasteiger partial charge is 0.350 e. The lowest BCUT2D eigenvalue weighted by molar-refractivity contribution is 1.53. The maximum Gasteiger partial charge on any atom is 0.0912 e. The summed E-state index contributed by atoms with van der Waals surface area (Å²) < 4.78 is 0. The molecule has 0 spiro atoms. The molecule has 0 aliphatic heterocycles. The van der Waals surface area contributed by atoms with Gasteiger partial charge in [-0.05, 0) is 24.6 Å². The summed E-state index contributed by atoms with van der Waals surface area (Å²) in [5.74, 6) is 0. The molecular weight excluding hydrogens is 192 g/mol. The minimum atomic E-state index is 0.711. The Bertz CT molecular complexity index is 402. The standard InChI is InChI=1S/C11H10N2S/c1-9(14)13-11-7-3-2-5-10(11)6-4-8-12/h2-7H,1H3,(H,13,14)/b6-4+. The van der Waals surface area contributed by atoms with Gasteiger partial charge < -0.3 is 5.32 Å². The van der Waals surface area contributed by atoms with Gasteiger partial charge in [0.2, 0.25) is 0 Å². The van der Waals surface area contributed by atoms with E-state index in [1.165, 1.54) is 6.08 Å². The van der Waals surface area contributed by atoms with E-state index >= 15 is 0 Å². The highest BCUT2D eigenvalue weighted by Crippen LogP contribution is 2.16. The molecule has 0 saturated heterocycles. The summed E-state index contributed by atoms with van der Waals surface area (Å²) in [4.78, 5) is 0.711. The molecule has 2 nitrogen and oxygen atoms in total. The number of benzene rings is 1. The van der Waals surface area contributed by atoms with Crippen LogP contribution >= 0.6 is 12.2 Å². The SMILES string of the molecule is CC(=S)Nc1ccccc1/C=C/C#N. The van der Waals surface area contributed by atoms with E-state index in [9.17, 15) is 0 Å². The third-order valence-electron chi connectivity index (χ3n) is 1.61. The van der Waals surface area contributed by atoms with Crippen LogP contribution in [-0.2, 0) is 0 Å². The van der Waals surface area contributed by atoms with Crippen molar-refractivity contribution in [2.75, 3.05) is 5.32 Å². The van der Waals surface area contributed by atoms with Crippen LogP contribution in [0.1, 0.15) is 12.5 Å². The molecule has 70 valence electrons. The molecule has 1 rings (SSSR count). The molecule has 0 fully saturated rings. The lowest BCUT2D eigenvalue weighted by atomic mass is 10.1. The molecule has 0 saturated carbocycles. The number of nitrogens with zero attached hydrogens (tertiary/aromatic N) is 1. The Hall–Kier alpha value is -1.66. The van der Waals surface area contributed by atoms with E-state index in [2.05, 4.69) is 5.32 Å². The van der Waals surface area contributed by atoms with Crippen molar-refractivity contribution < 1.29 is 0 Å². The Morgan fingerprint density at radius 2 is 2.21 bits per heavy atom. The molecule has 0 radical (unpaired) electrons.